The summed E-state index contributed by atoms with van der Waals surface area (Å²) in [5, 5.41) is 14.1. The number of benzene rings is 3. The third-order valence-corrected chi connectivity index (χ3v) is 6.75. The van der Waals surface area contributed by atoms with Crippen LogP contribution in [0.3, 0.4) is 0 Å². The lowest BCUT2D eigenvalue weighted by Crippen LogP contribution is -2.30. The number of aromatic nitrogens is 2. The Morgan fingerprint density at radius 1 is 1.12 bits per heavy atom. The normalized spacial score (nSPS) is 15.0. The van der Waals surface area contributed by atoms with E-state index in [1.54, 1.807) is 24.4 Å². The lowest BCUT2D eigenvalue weighted by Gasteiger charge is -2.21. The maximum Gasteiger partial charge on any atom is 0.326 e. The number of hydrogen-bond donors (Lipinski definition) is 2. The van der Waals surface area contributed by atoms with E-state index in [4.69, 9.17) is 4.74 Å². The van der Waals surface area contributed by atoms with Crippen molar-refractivity contribution in [3.63, 3.8) is 0 Å². The largest absolute Gasteiger partial charge is 0.487 e. The molecule has 2 heterocycles. The zero-order valence-corrected chi connectivity index (χ0v) is 18.5. The number of carbonyl (C=O) groups excluding carboxylic acids is 1. The lowest BCUT2D eigenvalue weighted by molar-refractivity contribution is -0.117. The van der Waals surface area contributed by atoms with Crippen molar-refractivity contribution in [3.05, 3.63) is 83.9 Å². The molecule has 1 amide bonds. The van der Waals surface area contributed by atoms with Gasteiger partial charge in [0.2, 0.25) is 0 Å². The van der Waals surface area contributed by atoms with Crippen LogP contribution in [-0.4, -0.2) is 35.8 Å². The number of aliphatic hydroxyl groups is 1. The topological polar surface area (TPSA) is 114 Å². The van der Waals surface area contributed by atoms with Crippen molar-refractivity contribution in [3.8, 4) is 11.4 Å². The number of amides is 1. The average molecular weight is 482 g/mol. The molecular formula is C23H19FN4O5S. The zero-order valence-electron chi connectivity index (χ0n) is 17.7. The highest BCUT2D eigenvalue weighted by molar-refractivity contribution is 7.92. The fraction of sp³-hybridized carbons (Fsp3) is 0.130. The van der Waals surface area contributed by atoms with Gasteiger partial charge in [0.25, 0.3) is 5.91 Å². The third kappa shape index (κ3) is 3.95. The fourth-order valence-electron chi connectivity index (χ4n) is 3.77. The van der Waals surface area contributed by atoms with Gasteiger partial charge < -0.3 is 9.84 Å². The number of fused-ring (bicyclic) bond motifs is 1. The van der Waals surface area contributed by atoms with E-state index in [1.807, 2.05) is 35.1 Å². The SMILES string of the molecule is O=C1CN(c2c(OCc3ccccc3)cc3cc(-n4ccc(CO)n4)ccc3c2F)S(=O)(=O)N1. The molecule has 9 nitrogen and oxygen atoms in total. The quantitative estimate of drug-likeness (QED) is 0.436. The Kier molecular flexibility index (Phi) is 5.42. The number of carbonyl (C=O) groups is 1. The van der Waals surface area contributed by atoms with Gasteiger partial charge in [-0.15, -0.1) is 0 Å². The number of nitrogens with zero attached hydrogens (tertiary/aromatic N) is 3. The van der Waals surface area contributed by atoms with E-state index in [-0.39, 0.29) is 30.0 Å². The van der Waals surface area contributed by atoms with Crippen LogP contribution >= 0.6 is 0 Å². The first-order chi connectivity index (χ1) is 16.4. The molecule has 1 aliphatic heterocycles. The molecule has 0 unspecified atom stereocenters. The standard InChI is InChI=1S/C23H19FN4O5S/c24-22-19-7-6-18(27-9-8-17(13-29)25-27)10-16(19)11-20(33-14-15-4-2-1-3-5-15)23(22)28-12-21(30)26-34(28,31)32/h1-11,29H,12-14H2,(H,26,30). The Bertz CT molecular complexity index is 1500. The highest BCUT2D eigenvalue weighted by atomic mass is 32.2. The molecule has 2 N–H and O–H groups in total. The second-order valence-electron chi connectivity index (χ2n) is 7.66. The molecule has 4 aromatic rings. The van der Waals surface area contributed by atoms with Crippen molar-refractivity contribution in [1.82, 2.24) is 14.5 Å². The van der Waals surface area contributed by atoms with Crippen LogP contribution in [-0.2, 0) is 28.2 Å². The summed E-state index contributed by atoms with van der Waals surface area (Å²) in [5.74, 6) is -1.62. The van der Waals surface area contributed by atoms with Gasteiger partial charge in [-0.05, 0) is 41.3 Å². The number of ether oxygens (including phenoxy) is 1. The predicted molar refractivity (Wildman–Crippen MR) is 122 cm³/mol. The minimum Gasteiger partial charge on any atom is -0.487 e. The molecule has 0 bridgehead atoms. The molecule has 1 aromatic heterocycles. The molecule has 1 saturated heterocycles. The molecule has 1 aliphatic rings. The van der Waals surface area contributed by atoms with Gasteiger partial charge in [0.15, 0.2) is 5.82 Å². The van der Waals surface area contributed by atoms with Crippen molar-refractivity contribution < 1.29 is 27.4 Å². The summed E-state index contributed by atoms with van der Waals surface area (Å²) in [6.07, 6.45) is 1.67. The molecule has 174 valence electrons. The van der Waals surface area contributed by atoms with E-state index in [0.29, 0.717) is 21.1 Å². The fourth-order valence-corrected chi connectivity index (χ4v) is 4.93. The Morgan fingerprint density at radius 2 is 1.91 bits per heavy atom. The van der Waals surface area contributed by atoms with Gasteiger partial charge >= 0.3 is 10.2 Å². The van der Waals surface area contributed by atoms with Crippen LogP contribution in [0, 0.1) is 5.82 Å². The van der Waals surface area contributed by atoms with Crippen molar-refractivity contribution in [1.29, 1.82) is 0 Å². The van der Waals surface area contributed by atoms with Crippen LogP contribution in [0.1, 0.15) is 11.3 Å². The van der Waals surface area contributed by atoms with E-state index in [2.05, 4.69) is 5.10 Å². The Labute approximate surface area is 194 Å². The summed E-state index contributed by atoms with van der Waals surface area (Å²) in [7, 11) is -4.26. The number of halogens is 1. The number of aliphatic hydroxyl groups excluding tert-OH is 1. The molecule has 0 radical (unpaired) electrons. The molecule has 0 aliphatic carbocycles. The minimum atomic E-state index is -4.26. The van der Waals surface area contributed by atoms with Crippen molar-refractivity contribution in [2.45, 2.75) is 13.2 Å². The molecule has 11 heteroatoms. The highest BCUT2D eigenvalue weighted by Gasteiger charge is 2.38. The third-order valence-electron chi connectivity index (χ3n) is 5.38. The van der Waals surface area contributed by atoms with Crippen LogP contribution in [0.4, 0.5) is 10.1 Å². The number of anilines is 1. The predicted octanol–water partition coefficient (Wildman–Crippen LogP) is 2.42. The molecule has 1 fully saturated rings. The van der Waals surface area contributed by atoms with E-state index < -0.39 is 28.5 Å². The van der Waals surface area contributed by atoms with Crippen molar-refractivity contribution >= 4 is 32.6 Å². The van der Waals surface area contributed by atoms with Crippen LogP contribution < -0.4 is 13.8 Å². The Balaban J connectivity index is 1.64. The molecule has 0 spiro atoms. The van der Waals surface area contributed by atoms with Gasteiger partial charge in [0, 0.05) is 11.6 Å². The van der Waals surface area contributed by atoms with Gasteiger partial charge in [-0.2, -0.15) is 13.5 Å². The van der Waals surface area contributed by atoms with Gasteiger partial charge in [-0.25, -0.2) is 18.1 Å². The summed E-state index contributed by atoms with van der Waals surface area (Å²) in [6, 6.07) is 17.1. The summed E-state index contributed by atoms with van der Waals surface area (Å²) in [6.45, 7) is -0.707. The molecule has 0 saturated carbocycles. The van der Waals surface area contributed by atoms with E-state index in [0.717, 1.165) is 5.56 Å². The summed E-state index contributed by atoms with van der Waals surface area (Å²) >= 11 is 0. The first-order valence-electron chi connectivity index (χ1n) is 10.3. The first kappa shape index (κ1) is 21.9. The minimum absolute atomic E-state index is 0.0254. The van der Waals surface area contributed by atoms with Crippen LogP contribution in [0.25, 0.3) is 16.5 Å². The van der Waals surface area contributed by atoms with Crippen LogP contribution in [0.5, 0.6) is 5.75 Å². The monoisotopic (exact) mass is 482 g/mol. The first-order valence-corrected chi connectivity index (χ1v) is 11.7. The summed E-state index contributed by atoms with van der Waals surface area (Å²) in [5.41, 5.74) is 1.55. The number of hydrogen-bond acceptors (Lipinski definition) is 6. The second-order valence-corrected chi connectivity index (χ2v) is 9.26. The van der Waals surface area contributed by atoms with E-state index >= 15 is 4.39 Å². The van der Waals surface area contributed by atoms with Crippen molar-refractivity contribution in [2.75, 3.05) is 10.8 Å². The molecule has 3 aromatic carbocycles. The van der Waals surface area contributed by atoms with Gasteiger partial charge in [0.05, 0.1) is 18.0 Å². The van der Waals surface area contributed by atoms with Crippen molar-refractivity contribution in [2.24, 2.45) is 0 Å². The van der Waals surface area contributed by atoms with Gasteiger partial charge in [0.1, 0.15) is 24.6 Å². The van der Waals surface area contributed by atoms with Crippen LogP contribution in [0.15, 0.2) is 66.9 Å². The second kappa shape index (κ2) is 8.43. The highest BCUT2D eigenvalue weighted by Crippen LogP contribution is 2.40. The maximum atomic E-state index is 15.8. The maximum absolute atomic E-state index is 15.8. The van der Waals surface area contributed by atoms with E-state index in [1.165, 1.54) is 16.8 Å². The molecular weight excluding hydrogens is 463 g/mol. The Morgan fingerprint density at radius 3 is 2.59 bits per heavy atom. The van der Waals surface area contributed by atoms with Gasteiger partial charge in [-0.3, -0.25) is 4.79 Å². The van der Waals surface area contributed by atoms with Crippen LogP contribution in [0.2, 0.25) is 0 Å². The molecule has 5 rings (SSSR count). The molecule has 0 atom stereocenters. The lowest BCUT2D eigenvalue weighted by atomic mass is 10.1. The van der Waals surface area contributed by atoms with E-state index in [9.17, 15) is 18.3 Å². The average Bonchev–Trinajstić information content (AvgIpc) is 3.41. The number of nitrogens with one attached hydrogen (secondary N) is 1. The zero-order chi connectivity index (χ0) is 23.9. The van der Waals surface area contributed by atoms with Gasteiger partial charge in [-0.1, -0.05) is 30.3 Å². The summed E-state index contributed by atoms with van der Waals surface area (Å²) in [4.78, 5) is 11.8. The summed E-state index contributed by atoms with van der Waals surface area (Å²) < 4.78 is 50.7. The number of rotatable bonds is 6. The Hall–Kier alpha value is -3.96. The molecule has 34 heavy (non-hydrogen) atoms. The smallest absolute Gasteiger partial charge is 0.326 e.